The number of hydrogen-bond donors (Lipinski definition) is 2. The van der Waals surface area contributed by atoms with Gasteiger partial charge in [0.2, 0.25) is 0 Å². The number of aliphatic carboxylic acids is 1. The molecule has 0 saturated carbocycles. The van der Waals surface area contributed by atoms with Crippen LogP contribution < -0.4 is 0 Å². The third-order valence-electron chi connectivity index (χ3n) is 2.23. The Morgan fingerprint density at radius 2 is 2.25 bits per heavy atom. The second-order valence-electron chi connectivity index (χ2n) is 3.36. The first-order valence-corrected chi connectivity index (χ1v) is 4.54. The Bertz CT molecular complexity index is 573. The Hall–Kier alpha value is -2.37. The van der Waals surface area contributed by atoms with Crippen LogP contribution in [0.1, 0.15) is 5.69 Å². The Kier molecular flexibility index (Phi) is 2.32. The lowest BCUT2D eigenvalue weighted by Gasteiger charge is -1.92. The molecule has 82 valence electrons. The van der Waals surface area contributed by atoms with Gasteiger partial charge < -0.3 is 10.1 Å². The summed E-state index contributed by atoms with van der Waals surface area (Å²) in [7, 11) is 0. The molecule has 0 aliphatic heterocycles. The van der Waals surface area contributed by atoms with Crippen LogP contribution in [0.5, 0.6) is 0 Å². The van der Waals surface area contributed by atoms with E-state index >= 15 is 0 Å². The summed E-state index contributed by atoms with van der Waals surface area (Å²) in [5, 5.41) is 20.0. The van der Waals surface area contributed by atoms with Crippen LogP contribution >= 0.6 is 0 Å². The van der Waals surface area contributed by atoms with Gasteiger partial charge in [0.25, 0.3) is 5.69 Å². The highest BCUT2D eigenvalue weighted by atomic mass is 16.6. The number of carboxylic acid groups (broad SMARTS) is 1. The largest absolute Gasteiger partial charge is 0.481 e. The zero-order chi connectivity index (χ0) is 11.7. The van der Waals surface area contributed by atoms with E-state index in [4.69, 9.17) is 5.11 Å². The van der Waals surface area contributed by atoms with E-state index in [1.165, 1.54) is 6.07 Å². The van der Waals surface area contributed by atoms with Crippen molar-refractivity contribution in [1.29, 1.82) is 0 Å². The SMILES string of the molecule is O=C(O)Cc1cc2cccc([N+](=O)[O-])c2[nH]1. The van der Waals surface area contributed by atoms with Crippen molar-refractivity contribution in [3.63, 3.8) is 0 Å². The maximum absolute atomic E-state index is 10.7. The summed E-state index contributed by atoms with van der Waals surface area (Å²) in [4.78, 5) is 23.5. The van der Waals surface area contributed by atoms with Crippen LogP contribution in [0.2, 0.25) is 0 Å². The summed E-state index contributed by atoms with van der Waals surface area (Å²) in [6.45, 7) is 0. The summed E-state index contributed by atoms with van der Waals surface area (Å²) in [6, 6.07) is 6.25. The molecule has 0 amide bonds. The molecule has 0 aliphatic carbocycles. The van der Waals surface area contributed by atoms with Crippen molar-refractivity contribution in [1.82, 2.24) is 4.98 Å². The number of nitro groups is 1. The Morgan fingerprint density at radius 1 is 1.50 bits per heavy atom. The predicted molar refractivity (Wildman–Crippen MR) is 56.3 cm³/mol. The molecule has 1 aromatic heterocycles. The average molecular weight is 220 g/mol. The van der Waals surface area contributed by atoms with Crippen molar-refractivity contribution in [2.24, 2.45) is 0 Å². The van der Waals surface area contributed by atoms with E-state index in [2.05, 4.69) is 4.98 Å². The molecule has 0 aliphatic rings. The number of hydrogen-bond acceptors (Lipinski definition) is 3. The highest BCUT2D eigenvalue weighted by Crippen LogP contribution is 2.25. The Labute approximate surface area is 89.7 Å². The van der Waals surface area contributed by atoms with Crippen molar-refractivity contribution >= 4 is 22.6 Å². The molecule has 0 spiro atoms. The van der Waals surface area contributed by atoms with Gasteiger partial charge in [0.1, 0.15) is 5.52 Å². The number of rotatable bonds is 3. The molecule has 2 aromatic rings. The van der Waals surface area contributed by atoms with Crippen LogP contribution in [0.15, 0.2) is 24.3 Å². The van der Waals surface area contributed by atoms with Crippen LogP contribution in [-0.2, 0) is 11.2 Å². The second-order valence-corrected chi connectivity index (χ2v) is 3.36. The molecule has 2 N–H and O–H groups in total. The van der Waals surface area contributed by atoms with E-state index in [-0.39, 0.29) is 12.1 Å². The van der Waals surface area contributed by atoms with Crippen LogP contribution in [0.3, 0.4) is 0 Å². The zero-order valence-electron chi connectivity index (χ0n) is 8.14. The fourth-order valence-corrected chi connectivity index (χ4v) is 1.61. The van der Waals surface area contributed by atoms with Crippen molar-refractivity contribution in [3.05, 3.63) is 40.1 Å². The Balaban J connectivity index is 2.56. The maximum Gasteiger partial charge on any atom is 0.309 e. The number of non-ortho nitro benzene ring substituents is 1. The van der Waals surface area contributed by atoms with E-state index in [0.717, 1.165) is 0 Å². The number of H-pyrrole nitrogens is 1. The highest BCUT2D eigenvalue weighted by molar-refractivity contribution is 5.89. The van der Waals surface area contributed by atoms with Gasteiger partial charge in [-0.15, -0.1) is 0 Å². The standard InChI is InChI=1S/C10H8N2O4/c13-9(14)5-7-4-6-2-1-3-8(12(15)16)10(6)11-7/h1-4,11H,5H2,(H,13,14). The number of para-hydroxylation sites is 1. The normalized spacial score (nSPS) is 10.5. The van der Waals surface area contributed by atoms with Crippen LogP contribution in [0.4, 0.5) is 5.69 Å². The van der Waals surface area contributed by atoms with Gasteiger partial charge in [-0.2, -0.15) is 0 Å². The molecule has 2 rings (SSSR count). The number of nitro benzene ring substituents is 1. The first kappa shape index (κ1) is 10.2. The molecule has 0 bridgehead atoms. The van der Waals surface area contributed by atoms with E-state index in [1.807, 2.05) is 0 Å². The molecule has 6 nitrogen and oxygen atoms in total. The first-order valence-electron chi connectivity index (χ1n) is 4.54. The molecule has 0 saturated heterocycles. The summed E-state index contributed by atoms with van der Waals surface area (Å²) in [6.07, 6.45) is -0.175. The van der Waals surface area contributed by atoms with Crippen molar-refractivity contribution < 1.29 is 14.8 Å². The van der Waals surface area contributed by atoms with E-state index in [1.54, 1.807) is 18.2 Å². The number of benzene rings is 1. The molecule has 1 heterocycles. The average Bonchev–Trinajstić information content (AvgIpc) is 2.57. The molecule has 1 aromatic carbocycles. The lowest BCUT2D eigenvalue weighted by atomic mass is 10.2. The van der Waals surface area contributed by atoms with E-state index in [9.17, 15) is 14.9 Å². The van der Waals surface area contributed by atoms with Gasteiger partial charge in [-0.05, 0) is 6.07 Å². The van der Waals surface area contributed by atoms with E-state index in [0.29, 0.717) is 16.6 Å². The molecule has 0 unspecified atom stereocenters. The number of nitrogens with one attached hydrogen (secondary N) is 1. The predicted octanol–water partition coefficient (Wildman–Crippen LogP) is 1.70. The smallest absolute Gasteiger partial charge is 0.309 e. The minimum atomic E-state index is -0.978. The third kappa shape index (κ3) is 1.72. The summed E-state index contributed by atoms with van der Waals surface area (Å²) in [5.41, 5.74) is 0.773. The van der Waals surface area contributed by atoms with Gasteiger partial charge in [-0.25, -0.2) is 0 Å². The van der Waals surface area contributed by atoms with E-state index < -0.39 is 10.9 Å². The number of fused-ring (bicyclic) bond motifs is 1. The van der Waals surface area contributed by atoms with Gasteiger partial charge in [-0.3, -0.25) is 14.9 Å². The number of aromatic nitrogens is 1. The maximum atomic E-state index is 10.7. The minimum Gasteiger partial charge on any atom is -0.481 e. The van der Waals surface area contributed by atoms with Gasteiger partial charge in [0, 0.05) is 17.1 Å². The quantitative estimate of drug-likeness (QED) is 0.607. The fourth-order valence-electron chi connectivity index (χ4n) is 1.61. The summed E-state index contributed by atoms with van der Waals surface area (Å²) >= 11 is 0. The van der Waals surface area contributed by atoms with Gasteiger partial charge in [0.05, 0.1) is 11.3 Å². The van der Waals surface area contributed by atoms with Gasteiger partial charge in [0.15, 0.2) is 0 Å². The molecule has 16 heavy (non-hydrogen) atoms. The summed E-state index contributed by atoms with van der Waals surface area (Å²) < 4.78 is 0. The number of aromatic amines is 1. The highest BCUT2D eigenvalue weighted by Gasteiger charge is 2.14. The van der Waals surface area contributed by atoms with Crippen molar-refractivity contribution in [3.8, 4) is 0 Å². The fraction of sp³-hybridized carbons (Fsp3) is 0.100. The monoisotopic (exact) mass is 220 g/mol. The number of carboxylic acids is 1. The second kappa shape index (κ2) is 3.65. The lowest BCUT2D eigenvalue weighted by molar-refractivity contribution is -0.383. The van der Waals surface area contributed by atoms with Crippen molar-refractivity contribution in [2.75, 3.05) is 0 Å². The van der Waals surface area contributed by atoms with Crippen LogP contribution in [0, 0.1) is 10.1 Å². The van der Waals surface area contributed by atoms with Crippen molar-refractivity contribution in [2.45, 2.75) is 6.42 Å². The minimum absolute atomic E-state index is 0.0471. The van der Waals surface area contributed by atoms with Gasteiger partial charge >= 0.3 is 5.97 Å². The molecule has 6 heteroatoms. The topological polar surface area (TPSA) is 96.2 Å². The van der Waals surface area contributed by atoms with Crippen LogP contribution in [-0.4, -0.2) is 21.0 Å². The third-order valence-corrected chi connectivity index (χ3v) is 2.23. The van der Waals surface area contributed by atoms with Crippen LogP contribution in [0.25, 0.3) is 10.9 Å². The molecular weight excluding hydrogens is 212 g/mol. The molecular formula is C10H8N2O4. The molecule has 0 atom stereocenters. The van der Waals surface area contributed by atoms with Gasteiger partial charge in [-0.1, -0.05) is 12.1 Å². The number of nitrogens with zero attached hydrogens (tertiary/aromatic N) is 1. The summed E-state index contributed by atoms with van der Waals surface area (Å²) in [5.74, 6) is -0.978. The Morgan fingerprint density at radius 3 is 2.88 bits per heavy atom. The lowest BCUT2D eigenvalue weighted by Crippen LogP contribution is -1.99. The first-order chi connectivity index (χ1) is 7.58. The zero-order valence-corrected chi connectivity index (χ0v) is 8.14. The number of carbonyl (C=O) groups is 1. The molecule has 0 fully saturated rings. The molecule has 0 radical (unpaired) electrons.